The predicted octanol–water partition coefficient (Wildman–Crippen LogP) is 3.34. The number of fused-ring (bicyclic) bond motifs is 3. The lowest BCUT2D eigenvalue weighted by Crippen LogP contribution is -2.23. The van der Waals surface area contributed by atoms with E-state index in [4.69, 9.17) is 9.97 Å². The number of benzene rings is 3. The monoisotopic (exact) mass is 512 g/mol. The molecule has 0 saturated heterocycles. The van der Waals surface area contributed by atoms with E-state index in [2.05, 4.69) is 20.6 Å². The summed E-state index contributed by atoms with van der Waals surface area (Å²) in [5.41, 5.74) is 2.09. The standard InChI is InChI=1S/C24H16N8O2S2/c33-23-15-7-1-3-9-17(15)27-29-31(23)13-35-21-22(26-20-12-6-5-11-19(20)25-21)36-14-32-24(34)16-8-2-4-10-18(16)28-30-32/h1-12H,13-14H2. The predicted molar refractivity (Wildman–Crippen MR) is 139 cm³/mol. The maximum absolute atomic E-state index is 12.9. The van der Waals surface area contributed by atoms with E-state index in [1.165, 1.54) is 32.9 Å². The topological polar surface area (TPSA) is 121 Å². The van der Waals surface area contributed by atoms with Gasteiger partial charge in [-0.15, -0.1) is 10.2 Å². The molecule has 0 unspecified atom stereocenters. The Morgan fingerprint density at radius 3 is 1.39 bits per heavy atom. The van der Waals surface area contributed by atoms with Gasteiger partial charge in [-0.25, -0.2) is 9.97 Å². The Morgan fingerprint density at radius 1 is 0.556 bits per heavy atom. The average Bonchev–Trinajstić information content (AvgIpc) is 2.92. The van der Waals surface area contributed by atoms with Crippen molar-refractivity contribution in [3.8, 4) is 0 Å². The molecule has 176 valence electrons. The third-order valence-corrected chi connectivity index (χ3v) is 7.41. The molecule has 0 atom stereocenters. The Hall–Kier alpha value is -4.16. The number of thioether (sulfide) groups is 2. The molecular formula is C24H16N8O2S2. The fourth-order valence-corrected chi connectivity index (χ4v) is 5.46. The summed E-state index contributed by atoms with van der Waals surface area (Å²) in [6, 6.07) is 21.7. The summed E-state index contributed by atoms with van der Waals surface area (Å²) >= 11 is 2.64. The van der Waals surface area contributed by atoms with Gasteiger partial charge in [0, 0.05) is 0 Å². The SMILES string of the molecule is O=c1c2ccccc2nnn1CSc1nc2ccccc2nc1SCn1nnc2ccccc2c1=O. The molecule has 0 aliphatic carbocycles. The van der Waals surface area contributed by atoms with Gasteiger partial charge in [-0.1, -0.05) is 70.3 Å². The lowest BCUT2D eigenvalue weighted by Gasteiger charge is -2.10. The molecule has 0 N–H and O–H groups in total. The third kappa shape index (κ3) is 4.20. The highest BCUT2D eigenvalue weighted by Crippen LogP contribution is 2.31. The second-order valence-electron chi connectivity index (χ2n) is 7.69. The van der Waals surface area contributed by atoms with Crippen LogP contribution in [0.1, 0.15) is 0 Å². The summed E-state index contributed by atoms with van der Waals surface area (Å²) in [5.74, 6) is 0.403. The van der Waals surface area contributed by atoms with Crippen molar-refractivity contribution in [3.63, 3.8) is 0 Å². The molecule has 10 nitrogen and oxygen atoms in total. The van der Waals surface area contributed by atoms with E-state index in [9.17, 15) is 9.59 Å². The van der Waals surface area contributed by atoms with Crippen LogP contribution in [-0.2, 0) is 11.8 Å². The van der Waals surface area contributed by atoms with Crippen LogP contribution in [0, 0.1) is 0 Å². The van der Waals surface area contributed by atoms with Gasteiger partial charge in [0.15, 0.2) is 0 Å². The number of rotatable bonds is 6. The molecule has 12 heteroatoms. The van der Waals surface area contributed by atoms with Crippen LogP contribution in [0.25, 0.3) is 32.8 Å². The zero-order valence-electron chi connectivity index (χ0n) is 18.6. The van der Waals surface area contributed by atoms with Gasteiger partial charge in [-0.05, 0) is 36.4 Å². The van der Waals surface area contributed by atoms with Gasteiger partial charge in [-0.3, -0.25) is 9.59 Å². The number of hydrogen-bond donors (Lipinski definition) is 0. The molecule has 6 rings (SSSR count). The Morgan fingerprint density at radius 2 is 0.944 bits per heavy atom. The lowest BCUT2D eigenvalue weighted by molar-refractivity contribution is 0.642. The summed E-state index contributed by atoms with van der Waals surface area (Å²) in [6.45, 7) is 0. The van der Waals surface area contributed by atoms with Gasteiger partial charge in [-0.2, -0.15) is 9.36 Å². The second-order valence-corrected chi connectivity index (χ2v) is 9.56. The van der Waals surface area contributed by atoms with E-state index in [-0.39, 0.29) is 22.9 Å². The average molecular weight is 513 g/mol. The van der Waals surface area contributed by atoms with Crippen LogP contribution in [0.4, 0.5) is 0 Å². The smallest absolute Gasteiger partial charge is 0.267 e. The fraction of sp³-hybridized carbons (Fsp3) is 0.0833. The van der Waals surface area contributed by atoms with Crippen molar-refractivity contribution in [2.45, 2.75) is 21.8 Å². The molecule has 0 aliphatic heterocycles. The Labute approximate surface area is 211 Å². The fourth-order valence-electron chi connectivity index (χ4n) is 3.62. The van der Waals surface area contributed by atoms with E-state index in [1.54, 1.807) is 36.4 Å². The van der Waals surface area contributed by atoms with E-state index in [1.807, 2.05) is 36.4 Å². The molecule has 0 saturated carbocycles. The number of hydrogen-bond acceptors (Lipinski definition) is 10. The summed E-state index contributed by atoms with van der Waals surface area (Å²) in [5, 5.41) is 18.6. The molecule has 0 amide bonds. The molecule has 0 aliphatic rings. The van der Waals surface area contributed by atoms with E-state index < -0.39 is 0 Å². The van der Waals surface area contributed by atoms with Gasteiger partial charge in [0.25, 0.3) is 11.1 Å². The molecule has 0 radical (unpaired) electrons. The summed E-state index contributed by atoms with van der Waals surface area (Å²) in [6.07, 6.45) is 0. The number of aromatic nitrogens is 8. The first-order valence-electron chi connectivity index (χ1n) is 10.8. The molecule has 6 aromatic rings. The van der Waals surface area contributed by atoms with E-state index >= 15 is 0 Å². The van der Waals surface area contributed by atoms with Crippen LogP contribution in [0.3, 0.4) is 0 Å². The van der Waals surface area contributed by atoms with Crippen LogP contribution in [-0.4, -0.2) is 40.0 Å². The zero-order chi connectivity index (χ0) is 24.5. The van der Waals surface area contributed by atoms with E-state index in [0.717, 1.165) is 11.0 Å². The van der Waals surface area contributed by atoms with Crippen molar-refractivity contribution >= 4 is 56.4 Å². The molecule has 3 heterocycles. The first kappa shape index (κ1) is 22.3. The Kier molecular flexibility index (Phi) is 5.87. The van der Waals surface area contributed by atoms with Gasteiger partial charge < -0.3 is 0 Å². The van der Waals surface area contributed by atoms with Crippen LogP contribution < -0.4 is 11.1 Å². The van der Waals surface area contributed by atoms with Crippen molar-refractivity contribution in [3.05, 3.63) is 93.5 Å². The van der Waals surface area contributed by atoms with Gasteiger partial charge in [0.1, 0.15) is 21.1 Å². The Bertz CT molecular complexity index is 1740. The molecular weight excluding hydrogens is 496 g/mol. The van der Waals surface area contributed by atoms with Crippen molar-refractivity contribution in [2.75, 3.05) is 0 Å². The van der Waals surface area contributed by atoms with Crippen LogP contribution in [0.5, 0.6) is 0 Å². The van der Waals surface area contributed by atoms with Crippen LogP contribution >= 0.6 is 23.5 Å². The minimum absolute atomic E-state index is 0.201. The quantitative estimate of drug-likeness (QED) is 0.307. The molecule has 0 bridgehead atoms. The van der Waals surface area contributed by atoms with Crippen molar-refractivity contribution in [1.82, 2.24) is 40.0 Å². The van der Waals surface area contributed by atoms with Gasteiger partial charge in [0.05, 0.1) is 33.6 Å². The minimum Gasteiger partial charge on any atom is -0.267 e. The van der Waals surface area contributed by atoms with E-state index in [0.29, 0.717) is 31.9 Å². The Balaban J connectivity index is 1.32. The largest absolute Gasteiger partial charge is 0.278 e. The highest BCUT2D eigenvalue weighted by molar-refractivity contribution is 8.01. The van der Waals surface area contributed by atoms with Crippen LogP contribution in [0.2, 0.25) is 0 Å². The van der Waals surface area contributed by atoms with Gasteiger partial charge >= 0.3 is 0 Å². The van der Waals surface area contributed by atoms with Crippen molar-refractivity contribution in [2.24, 2.45) is 0 Å². The molecule has 0 fully saturated rings. The lowest BCUT2D eigenvalue weighted by atomic mass is 10.2. The first-order chi connectivity index (χ1) is 17.7. The maximum Gasteiger partial charge on any atom is 0.278 e. The zero-order valence-corrected chi connectivity index (χ0v) is 20.2. The molecule has 36 heavy (non-hydrogen) atoms. The first-order valence-corrected chi connectivity index (χ1v) is 12.8. The molecule has 0 spiro atoms. The third-order valence-electron chi connectivity index (χ3n) is 5.41. The van der Waals surface area contributed by atoms with Crippen molar-refractivity contribution < 1.29 is 0 Å². The number of para-hydroxylation sites is 2. The highest BCUT2D eigenvalue weighted by atomic mass is 32.2. The highest BCUT2D eigenvalue weighted by Gasteiger charge is 2.14. The molecule has 3 aromatic heterocycles. The van der Waals surface area contributed by atoms with Crippen LogP contribution in [0.15, 0.2) is 92.4 Å². The summed E-state index contributed by atoms with van der Waals surface area (Å²) in [4.78, 5) is 35.2. The number of nitrogens with zero attached hydrogens (tertiary/aromatic N) is 8. The normalized spacial score (nSPS) is 11.4. The van der Waals surface area contributed by atoms with Gasteiger partial charge in [0.2, 0.25) is 0 Å². The van der Waals surface area contributed by atoms with Crippen molar-refractivity contribution in [1.29, 1.82) is 0 Å². The second kappa shape index (κ2) is 9.47. The summed E-state index contributed by atoms with van der Waals surface area (Å²) in [7, 11) is 0. The molecule has 3 aromatic carbocycles. The minimum atomic E-state index is -0.228. The summed E-state index contributed by atoms with van der Waals surface area (Å²) < 4.78 is 2.61. The maximum atomic E-state index is 12.9.